The molecule has 0 saturated carbocycles. The maximum atomic E-state index is 13.1. The smallest absolute Gasteiger partial charge is 0.159 e. The van der Waals surface area contributed by atoms with Crippen molar-refractivity contribution in [3.05, 3.63) is 70.2 Å². The molecule has 3 nitrogen and oxygen atoms in total. The van der Waals surface area contributed by atoms with Crippen molar-refractivity contribution in [3.8, 4) is 0 Å². The first-order valence-electron chi connectivity index (χ1n) is 6.35. The molecule has 0 spiro atoms. The van der Waals surface area contributed by atoms with Gasteiger partial charge in [-0.3, -0.25) is 0 Å². The summed E-state index contributed by atoms with van der Waals surface area (Å²) in [5, 5.41) is 10.4. The lowest BCUT2D eigenvalue weighted by atomic mass is 10.1. The van der Waals surface area contributed by atoms with Gasteiger partial charge < -0.3 is 5.11 Å². The quantitative estimate of drug-likeness (QED) is 0.904. The van der Waals surface area contributed by atoms with Gasteiger partial charge in [-0.1, -0.05) is 29.8 Å². The Morgan fingerprint density at radius 3 is 2.45 bits per heavy atom. The Kier molecular flexibility index (Phi) is 5.16. The van der Waals surface area contributed by atoms with Crippen molar-refractivity contribution in [2.75, 3.05) is 5.75 Å². The molecule has 0 aliphatic carbocycles. The van der Waals surface area contributed by atoms with Gasteiger partial charge in [-0.05, 0) is 35.4 Å². The number of hydrogen-bond donors (Lipinski definition) is 1. The molecule has 2 aromatic rings. The SMILES string of the molecule is O=S(=O)(Cc1ccc(F)c(F)c1)CC(O)c1cccc(Cl)c1. The standard InChI is InChI=1S/C15H13ClF2O3S/c16-12-3-1-2-11(7-12)15(19)9-22(20,21)8-10-4-5-13(17)14(18)6-10/h1-7,15,19H,8-9H2. The number of aliphatic hydroxyl groups is 1. The Labute approximate surface area is 132 Å². The molecular formula is C15H13ClF2O3S. The molecule has 0 aliphatic heterocycles. The van der Waals surface area contributed by atoms with Crippen LogP contribution in [0.1, 0.15) is 17.2 Å². The van der Waals surface area contributed by atoms with E-state index in [9.17, 15) is 22.3 Å². The highest BCUT2D eigenvalue weighted by Gasteiger charge is 2.20. The third-order valence-corrected chi connectivity index (χ3v) is 4.85. The van der Waals surface area contributed by atoms with Gasteiger partial charge in [0, 0.05) is 5.02 Å². The number of rotatable bonds is 5. The van der Waals surface area contributed by atoms with Crippen LogP contribution < -0.4 is 0 Å². The zero-order chi connectivity index (χ0) is 16.3. The maximum absolute atomic E-state index is 13.1. The minimum absolute atomic E-state index is 0.122. The van der Waals surface area contributed by atoms with Crippen LogP contribution in [0.4, 0.5) is 8.78 Å². The predicted molar refractivity (Wildman–Crippen MR) is 80.3 cm³/mol. The molecule has 0 radical (unpaired) electrons. The second-order valence-electron chi connectivity index (χ2n) is 4.87. The van der Waals surface area contributed by atoms with E-state index in [1.54, 1.807) is 18.2 Å². The lowest BCUT2D eigenvalue weighted by Crippen LogP contribution is -2.16. The lowest BCUT2D eigenvalue weighted by molar-refractivity contribution is 0.201. The summed E-state index contributed by atoms with van der Waals surface area (Å²) in [6.07, 6.45) is -1.24. The highest BCUT2D eigenvalue weighted by Crippen LogP contribution is 2.21. The fourth-order valence-electron chi connectivity index (χ4n) is 1.99. The predicted octanol–water partition coefficient (Wildman–Crippen LogP) is 3.27. The van der Waals surface area contributed by atoms with E-state index < -0.39 is 39.1 Å². The largest absolute Gasteiger partial charge is 0.387 e. The summed E-state index contributed by atoms with van der Waals surface area (Å²) in [5.74, 6) is -3.17. The van der Waals surface area contributed by atoms with E-state index in [2.05, 4.69) is 0 Å². The van der Waals surface area contributed by atoms with Crippen LogP contribution in [0.5, 0.6) is 0 Å². The van der Waals surface area contributed by atoms with Gasteiger partial charge in [-0.2, -0.15) is 0 Å². The van der Waals surface area contributed by atoms with Gasteiger partial charge in [0.2, 0.25) is 0 Å². The molecule has 0 heterocycles. The molecule has 0 saturated heterocycles. The van der Waals surface area contributed by atoms with Crippen molar-refractivity contribution in [3.63, 3.8) is 0 Å². The van der Waals surface area contributed by atoms with Crippen LogP contribution in [0, 0.1) is 11.6 Å². The highest BCUT2D eigenvalue weighted by atomic mass is 35.5. The molecular weight excluding hydrogens is 334 g/mol. The van der Waals surface area contributed by atoms with E-state index >= 15 is 0 Å². The molecule has 118 valence electrons. The summed E-state index contributed by atoms with van der Waals surface area (Å²) in [6, 6.07) is 9.13. The van der Waals surface area contributed by atoms with Crippen LogP contribution in [-0.2, 0) is 15.6 Å². The molecule has 1 N–H and O–H groups in total. The number of halogens is 3. The van der Waals surface area contributed by atoms with Crippen molar-refractivity contribution in [1.82, 2.24) is 0 Å². The fraction of sp³-hybridized carbons (Fsp3) is 0.200. The third-order valence-electron chi connectivity index (χ3n) is 3.02. The van der Waals surface area contributed by atoms with Crippen LogP contribution in [0.25, 0.3) is 0 Å². The highest BCUT2D eigenvalue weighted by molar-refractivity contribution is 7.90. The molecule has 0 aromatic heterocycles. The summed E-state index contributed by atoms with van der Waals surface area (Å²) < 4.78 is 50.0. The van der Waals surface area contributed by atoms with Crippen molar-refractivity contribution in [2.45, 2.75) is 11.9 Å². The van der Waals surface area contributed by atoms with Gasteiger partial charge in [0.1, 0.15) is 0 Å². The van der Waals surface area contributed by atoms with Gasteiger partial charge in [-0.25, -0.2) is 17.2 Å². The van der Waals surface area contributed by atoms with Gasteiger partial charge in [0.05, 0.1) is 17.6 Å². The monoisotopic (exact) mass is 346 g/mol. The number of aliphatic hydroxyl groups excluding tert-OH is 1. The Morgan fingerprint density at radius 1 is 1.09 bits per heavy atom. The zero-order valence-electron chi connectivity index (χ0n) is 11.3. The van der Waals surface area contributed by atoms with E-state index in [1.165, 1.54) is 12.1 Å². The molecule has 2 aromatic carbocycles. The van der Waals surface area contributed by atoms with Gasteiger partial charge in [0.15, 0.2) is 21.5 Å². The molecule has 1 unspecified atom stereocenters. The van der Waals surface area contributed by atoms with E-state index in [1.807, 2.05) is 0 Å². The van der Waals surface area contributed by atoms with E-state index in [0.29, 0.717) is 10.6 Å². The normalized spacial score (nSPS) is 13.1. The fourth-order valence-corrected chi connectivity index (χ4v) is 3.67. The lowest BCUT2D eigenvalue weighted by Gasteiger charge is -2.12. The molecule has 0 bridgehead atoms. The van der Waals surface area contributed by atoms with Crippen LogP contribution in [0.15, 0.2) is 42.5 Å². The summed E-state index contributed by atoms with van der Waals surface area (Å²) in [7, 11) is -3.71. The molecule has 7 heteroatoms. The maximum Gasteiger partial charge on any atom is 0.159 e. The molecule has 0 fully saturated rings. The van der Waals surface area contributed by atoms with Crippen LogP contribution in [0.2, 0.25) is 5.02 Å². The Morgan fingerprint density at radius 2 is 1.82 bits per heavy atom. The van der Waals surface area contributed by atoms with Crippen LogP contribution in [0.3, 0.4) is 0 Å². The number of sulfone groups is 1. The van der Waals surface area contributed by atoms with Crippen molar-refractivity contribution in [2.24, 2.45) is 0 Å². The second kappa shape index (κ2) is 6.73. The van der Waals surface area contributed by atoms with Crippen molar-refractivity contribution >= 4 is 21.4 Å². The molecule has 0 aliphatic rings. The van der Waals surface area contributed by atoms with Gasteiger partial charge in [-0.15, -0.1) is 0 Å². The second-order valence-corrected chi connectivity index (χ2v) is 7.42. The zero-order valence-corrected chi connectivity index (χ0v) is 12.9. The third kappa shape index (κ3) is 4.50. The summed E-state index contributed by atoms with van der Waals surface area (Å²) >= 11 is 5.78. The van der Waals surface area contributed by atoms with E-state index in [-0.39, 0.29) is 5.56 Å². The number of benzene rings is 2. The molecule has 0 amide bonds. The minimum atomic E-state index is -3.71. The van der Waals surface area contributed by atoms with Crippen molar-refractivity contribution in [1.29, 1.82) is 0 Å². The molecule has 1 atom stereocenters. The topological polar surface area (TPSA) is 54.4 Å². The average molecular weight is 347 g/mol. The van der Waals surface area contributed by atoms with Crippen molar-refractivity contribution < 1.29 is 22.3 Å². The molecule has 2 rings (SSSR count). The van der Waals surface area contributed by atoms with Crippen LogP contribution in [-0.4, -0.2) is 19.3 Å². The molecule has 22 heavy (non-hydrogen) atoms. The van der Waals surface area contributed by atoms with Gasteiger partial charge >= 0.3 is 0 Å². The Bertz CT molecular complexity index is 778. The summed E-state index contributed by atoms with van der Waals surface area (Å²) in [5.41, 5.74) is 0.499. The Balaban J connectivity index is 2.12. The first-order valence-corrected chi connectivity index (χ1v) is 8.55. The summed E-state index contributed by atoms with van der Waals surface area (Å²) in [6.45, 7) is 0. The first-order chi connectivity index (χ1) is 10.3. The van der Waals surface area contributed by atoms with E-state index in [4.69, 9.17) is 11.6 Å². The number of hydrogen-bond acceptors (Lipinski definition) is 3. The summed E-state index contributed by atoms with van der Waals surface area (Å²) in [4.78, 5) is 0. The average Bonchev–Trinajstić information content (AvgIpc) is 2.42. The first kappa shape index (κ1) is 16.9. The van der Waals surface area contributed by atoms with Gasteiger partial charge in [0.25, 0.3) is 0 Å². The van der Waals surface area contributed by atoms with E-state index in [0.717, 1.165) is 12.1 Å². The minimum Gasteiger partial charge on any atom is -0.387 e. The Hall–Kier alpha value is -1.50. The van der Waals surface area contributed by atoms with Crippen LogP contribution >= 0.6 is 11.6 Å².